The topological polar surface area (TPSA) is 75.4 Å². The Bertz CT molecular complexity index is 1070. The van der Waals surface area contributed by atoms with Gasteiger partial charge in [-0.3, -0.25) is 9.78 Å². The van der Waals surface area contributed by atoms with Crippen molar-refractivity contribution in [2.75, 3.05) is 19.6 Å². The van der Waals surface area contributed by atoms with Crippen molar-refractivity contribution in [3.8, 4) is 11.4 Å². The Balaban J connectivity index is 1.47. The van der Waals surface area contributed by atoms with Crippen molar-refractivity contribution < 1.29 is 4.79 Å². The molecule has 0 unspecified atom stereocenters. The summed E-state index contributed by atoms with van der Waals surface area (Å²) >= 11 is 0. The summed E-state index contributed by atoms with van der Waals surface area (Å²) in [7, 11) is 0. The summed E-state index contributed by atoms with van der Waals surface area (Å²) < 4.78 is 1.79. The van der Waals surface area contributed by atoms with E-state index in [2.05, 4.69) is 31.3 Å². The number of hydrogen-bond acceptors (Lipinski definition) is 5. The highest BCUT2D eigenvalue weighted by Crippen LogP contribution is 2.27. The van der Waals surface area contributed by atoms with Crippen LogP contribution in [0, 0.1) is 13.8 Å². The van der Waals surface area contributed by atoms with E-state index < -0.39 is 0 Å². The molecule has 1 amide bonds. The first-order valence-corrected chi connectivity index (χ1v) is 9.96. The van der Waals surface area contributed by atoms with Gasteiger partial charge < -0.3 is 10.2 Å². The van der Waals surface area contributed by atoms with Crippen molar-refractivity contribution in [3.63, 3.8) is 0 Å². The zero-order valence-electron chi connectivity index (χ0n) is 16.3. The molecule has 7 heteroatoms. The normalized spacial score (nSPS) is 17.9. The molecule has 2 aromatic heterocycles. The van der Waals surface area contributed by atoms with Crippen molar-refractivity contribution in [1.29, 1.82) is 0 Å². The Hall–Kier alpha value is -2.80. The second-order valence-corrected chi connectivity index (χ2v) is 7.77. The number of piperidine rings is 1. The molecule has 1 N–H and O–H groups in total. The lowest BCUT2D eigenvalue weighted by Gasteiger charge is -2.37. The van der Waals surface area contributed by atoms with Crippen molar-refractivity contribution in [3.05, 3.63) is 46.9 Å². The molecule has 0 radical (unpaired) electrons. The van der Waals surface area contributed by atoms with E-state index in [1.54, 1.807) is 4.52 Å². The van der Waals surface area contributed by atoms with Crippen LogP contribution < -0.4 is 5.32 Å². The molecule has 1 saturated heterocycles. The molecule has 0 spiro atoms. The highest BCUT2D eigenvalue weighted by molar-refractivity contribution is 5.97. The van der Waals surface area contributed by atoms with Crippen LogP contribution in [0.15, 0.2) is 24.4 Å². The van der Waals surface area contributed by atoms with Crippen LogP contribution in [-0.4, -0.2) is 56.1 Å². The molecular formula is C21H24N6O. The maximum atomic E-state index is 13.0. The average molecular weight is 376 g/mol. The Kier molecular flexibility index (Phi) is 4.12. The van der Waals surface area contributed by atoms with E-state index in [0.717, 1.165) is 72.6 Å². The Labute approximate surface area is 163 Å². The van der Waals surface area contributed by atoms with Crippen molar-refractivity contribution in [2.45, 2.75) is 39.2 Å². The van der Waals surface area contributed by atoms with Gasteiger partial charge in [-0.2, -0.15) is 0 Å². The van der Waals surface area contributed by atoms with Crippen LogP contribution in [-0.2, 0) is 6.42 Å². The minimum absolute atomic E-state index is 0.165. The number of benzene rings is 1. The molecule has 144 valence electrons. The standard InChI is InChI=1S/C21H24N6O/c1-13-12-27-20(14(2)23-13)24-19(25-27)16-3-4-18-15(11-16)7-10-26(21(18)28)17-5-8-22-9-6-17/h3-4,11-12,17,22H,5-10H2,1-2H3. The van der Waals surface area contributed by atoms with Crippen molar-refractivity contribution in [2.24, 2.45) is 0 Å². The van der Waals surface area contributed by atoms with Gasteiger partial charge in [0.25, 0.3) is 5.91 Å². The monoisotopic (exact) mass is 376 g/mol. The number of amides is 1. The minimum atomic E-state index is 0.165. The third kappa shape index (κ3) is 2.86. The summed E-state index contributed by atoms with van der Waals surface area (Å²) in [4.78, 5) is 24.3. The molecule has 4 heterocycles. The second kappa shape index (κ2) is 6.67. The SMILES string of the molecule is Cc1cn2nc(-c3ccc4c(c3)CCN(C3CCNCC3)C4=O)nc2c(C)n1. The van der Waals surface area contributed by atoms with Gasteiger partial charge in [0, 0.05) is 23.7 Å². The van der Waals surface area contributed by atoms with Gasteiger partial charge in [0.15, 0.2) is 11.5 Å². The largest absolute Gasteiger partial charge is 0.335 e. The summed E-state index contributed by atoms with van der Waals surface area (Å²) in [6, 6.07) is 6.35. The number of rotatable bonds is 2. The molecule has 7 nitrogen and oxygen atoms in total. The molecule has 0 bridgehead atoms. The smallest absolute Gasteiger partial charge is 0.254 e. The molecule has 0 saturated carbocycles. The molecule has 2 aliphatic heterocycles. The molecule has 1 fully saturated rings. The van der Waals surface area contributed by atoms with Gasteiger partial charge in [-0.05, 0) is 63.9 Å². The lowest BCUT2D eigenvalue weighted by atomic mass is 9.93. The first-order chi connectivity index (χ1) is 13.6. The van der Waals surface area contributed by atoms with E-state index in [0.29, 0.717) is 11.9 Å². The second-order valence-electron chi connectivity index (χ2n) is 7.77. The first kappa shape index (κ1) is 17.3. The molecule has 3 aromatic rings. The Morgan fingerprint density at radius 3 is 2.79 bits per heavy atom. The van der Waals surface area contributed by atoms with Crippen LogP contribution in [0.5, 0.6) is 0 Å². The fraction of sp³-hybridized carbons (Fsp3) is 0.429. The molecule has 5 rings (SSSR count). The number of nitrogens with zero attached hydrogens (tertiary/aromatic N) is 5. The summed E-state index contributed by atoms with van der Waals surface area (Å²) in [6.45, 7) is 6.68. The molecular weight excluding hydrogens is 352 g/mol. The quantitative estimate of drug-likeness (QED) is 0.742. The zero-order valence-corrected chi connectivity index (χ0v) is 16.3. The lowest BCUT2D eigenvalue weighted by molar-refractivity contribution is 0.0623. The van der Waals surface area contributed by atoms with Crippen molar-refractivity contribution >= 4 is 11.6 Å². The number of carbonyl (C=O) groups is 1. The van der Waals surface area contributed by atoms with Gasteiger partial charge in [0.05, 0.1) is 17.6 Å². The van der Waals surface area contributed by atoms with Gasteiger partial charge in [-0.25, -0.2) is 9.50 Å². The van der Waals surface area contributed by atoms with Crippen LogP contribution in [0.1, 0.15) is 40.2 Å². The van der Waals surface area contributed by atoms with E-state index >= 15 is 0 Å². The predicted molar refractivity (Wildman–Crippen MR) is 106 cm³/mol. The number of hydrogen-bond donors (Lipinski definition) is 1. The third-order valence-corrected chi connectivity index (χ3v) is 5.83. The zero-order chi connectivity index (χ0) is 19.3. The number of carbonyl (C=O) groups excluding carboxylic acids is 1. The summed E-state index contributed by atoms with van der Waals surface area (Å²) in [5.74, 6) is 0.838. The van der Waals surface area contributed by atoms with E-state index in [9.17, 15) is 4.79 Å². The average Bonchev–Trinajstić information content (AvgIpc) is 3.13. The lowest BCUT2D eigenvalue weighted by Crippen LogP contribution is -2.49. The van der Waals surface area contributed by atoms with Gasteiger partial charge >= 0.3 is 0 Å². The predicted octanol–water partition coefficient (Wildman–Crippen LogP) is 2.16. The fourth-order valence-corrected chi connectivity index (χ4v) is 4.41. The highest BCUT2D eigenvalue weighted by atomic mass is 16.2. The maximum absolute atomic E-state index is 13.0. The van der Waals surface area contributed by atoms with E-state index in [1.807, 2.05) is 32.2 Å². The van der Waals surface area contributed by atoms with Crippen LogP contribution in [0.3, 0.4) is 0 Å². The third-order valence-electron chi connectivity index (χ3n) is 5.83. The van der Waals surface area contributed by atoms with Gasteiger partial charge in [0.1, 0.15) is 0 Å². The van der Waals surface area contributed by atoms with Crippen molar-refractivity contribution in [1.82, 2.24) is 29.8 Å². The van der Waals surface area contributed by atoms with E-state index in [4.69, 9.17) is 0 Å². The number of nitrogens with one attached hydrogen (secondary N) is 1. The fourth-order valence-electron chi connectivity index (χ4n) is 4.41. The van der Waals surface area contributed by atoms with Crippen LogP contribution in [0.4, 0.5) is 0 Å². The van der Waals surface area contributed by atoms with Gasteiger partial charge in [-0.15, -0.1) is 5.10 Å². The van der Waals surface area contributed by atoms with Gasteiger partial charge in [0.2, 0.25) is 0 Å². The highest BCUT2D eigenvalue weighted by Gasteiger charge is 2.31. The molecule has 2 aliphatic rings. The number of aryl methyl sites for hydroxylation is 2. The Morgan fingerprint density at radius 2 is 1.96 bits per heavy atom. The van der Waals surface area contributed by atoms with Crippen LogP contribution in [0.25, 0.3) is 17.0 Å². The Morgan fingerprint density at radius 1 is 1.14 bits per heavy atom. The van der Waals surface area contributed by atoms with Gasteiger partial charge in [-0.1, -0.05) is 6.07 Å². The molecule has 28 heavy (non-hydrogen) atoms. The minimum Gasteiger partial charge on any atom is -0.335 e. The van der Waals surface area contributed by atoms with E-state index in [-0.39, 0.29) is 5.91 Å². The molecule has 0 atom stereocenters. The number of fused-ring (bicyclic) bond motifs is 2. The molecule has 0 aliphatic carbocycles. The van der Waals surface area contributed by atoms with E-state index in [1.165, 1.54) is 0 Å². The van der Waals surface area contributed by atoms with Crippen LogP contribution >= 0.6 is 0 Å². The first-order valence-electron chi connectivity index (χ1n) is 9.96. The summed E-state index contributed by atoms with van der Waals surface area (Å²) in [5.41, 5.74) is 5.41. The molecule has 1 aromatic carbocycles. The maximum Gasteiger partial charge on any atom is 0.254 e. The van der Waals surface area contributed by atoms with Crippen LogP contribution in [0.2, 0.25) is 0 Å². The number of aromatic nitrogens is 4. The summed E-state index contributed by atoms with van der Waals surface area (Å²) in [6.07, 6.45) is 4.85. The summed E-state index contributed by atoms with van der Waals surface area (Å²) in [5, 5.41) is 8.00.